The Morgan fingerprint density at radius 2 is 1.81 bits per heavy atom. The van der Waals surface area contributed by atoms with Crippen LogP contribution >= 0.6 is 11.3 Å². The Morgan fingerprint density at radius 1 is 1.03 bits per heavy atom. The van der Waals surface area contributed by atoms with E-state index in [4.69, 9.17) is 4.42 Å². The summed E-state index contributed by atoms with van der Waals surface area (Å²) in [6.07, 6.45) is 6.05. The number of hydrogen-bond donors (Lipinski definition) is 1. The first kappa shape index (κ1) is 20.6. The van der Waals surface area contributed by atoms with Gasteiger partial charge in [0.05, 0.1) is 5.39 Å². The lowest BCUT2D eigenvalue weighted by atomic mass is 9.90. The Hall–Kier alpha value is -3.32. The third-order valence-corrected chi connectivity index (χ3v) is 6.93. The average molecular weight is 446 g/mol. The summed E-state index contributed by atoms with van der Waals surface area (Å²) in [6, 6.07) is 14.0. The highest BCUT2D eigenvalue weighted by Crippen LogP contribution is 2.35. The van der Waals surface area contributed by atoms with Crippen LogP contribution in [0.3, 0.4) is 0 Å². The molecule has 1 saturated carbocycles. The van der Waals surface area contributed by atoms with Crippen LogP contribution in [0, 0.1) is 6.92 Å². The van der Waals surface area contributed by atoms with Gasteiger partial charge in [0, 0.05) is 23.1 Å². The zero-order valence-corrected chi connectivity index (χ0v) is 18.6. The summed E-state index contributed by atoms with van der Waals surface area (Å²) in [4.78, 5) is 25.1. The number of nitrogens with zero attached hydrogens (tertiary/aromatic N) is 2. The van der Waals surface area contributed by atoms with Gasteiger partial charge >= 0.3 is 0 Å². The van der Waals surface area contributed by atoms with Crippen molar-refractivity contribution in [1.82, 2.24) is 10.2 Å². The minimum atomic E-state index is -0.238. The fourth-order valence-electron chi connectivity index (χ4n) is 4.17. The number of nitrogens with one attached hydrogen (secondary N) is 1. The van der Waals surface area contributed by atoms with Gasteiger partial charge in [0.15, 0.2) is 5.43 Å². The maximum atomic E-state index is 12.7. The van der Waals surface area contributed by atoms with Gasteiger partial charge in [0.2, 0.25) is 5.13 Å². The third-order valence-electron chi connectivity index (χ3n) is 5.93. The van der Waals surface area contributed by atoms with Gasteiger partial charge < -0.3 is 4.42 Å². The maximum Gasteiger partial charge on any atom is 0.257 e. The molecule has 0 unspecified atom stereocenters. The van der Waals surface area contributed by atoms with Crippen LogP contribution in [0.5, 0.6) is 0 Å². The lowest BCUT2D eigenvalue weighted by molar-refractivity contribution is 0.102. The van der Waals surface area contributed by atoms with E-state index in [0.717, 1.165) is 29.0 Å². The van der Waals surface area contributed by atoms with Gasteiger partial charge in [-0.15, -0.1) is 10.2 Å². The zero-order chi connectivity index (χ0) is 22.1. The monoisotopic (exact) mass is 445 g/mol. The molecule has 6 nitrogen and oxygen atoms in total. The molecular weight excluding hydrogens is 422 g/mol. The van der Waals surface area contributed by atoms with Gasteiger partial charge in [0.1, 0.15) is 16.4 Å². The molecule has 162 valence electrons. The molecular formula is C25H23N3O3S. The molecule has 1 fully saturated rings. The van der Waals surface area contributed by atoms with E-state index in [9.17, 15) is 9.59 Å². The second-order valence-corrected chi connectivity index (χ2v) is 9.30. The van der Waals surface area contributed by atoms with Crippen molar-refractivity contribution in [3.8, 4) is 11.3 Å². The van der Waals surface area contributed by atoms with E-state index >= 15 is 0 Å². The summed E-state index contributed by atoms with van der Waals surface area (Å²) >= 11 is 1.46. The van der Waals surface area contributed by atoms with E-state index in [-0.39, 0.29) is 11.3 Å². The summed E-state index contributed by atoms with van der Waals surface area (Å²) < 4.78 is 5.92. The molecule has 7 heteroatoms. The van der Waals surface area contributed by atoms with Crippen molar-refractivity contribution in [3.63, 3.8) is 0 Å². The molecule has 1 aliphatic carbocycles. The van der Waals surface area contributed by atoms with Gasteiger partial charge in [0.25, 0.3) is 5.91 Å². The van der Waals surface area contributed by atoms with E-state index in [1.807, 2.05) is 19.1 Å². The molecule has 0 radical (unpaired) electrons. The second kappa shape index (κ2) is 8.67. The first-order valence-electron chi connectivity index (χ1n) is 10.9. The number of rotatable bonds is 4. The van der Waals surface area contributed by atoms with Gasteiger partial charge in [-0.05, 0) is 44.0 Å². The lowest BCUT2D eigenvalue weighted by Gasteiger charge is -2.18. The molecule has 0 spiro atoms. The predicted octanol–water partition coefficient (Wildman–Crippen LogP) is 5.92. The van der Waals surface area contributed by atoms with E-state index in [1.165, 1.54) is 36.7 Å². The first-order valence-corrected chi connectivity index (χ1v) is 11.7. The maximum absolute atomic E-state index is 12.7. The van der Waals surface area contributed by atoms with Crippen molar-refractivity contribution in [3.05, 3.63) is 74.9 Å². The number of aryl methyl sites for hydroxylation is 1. The van der Waals surface area contributed by atoms with Gasteiger partial charge in [-0.2, -0.15) is 0 Å². The topological polar surface area (TPSA) is 85.1 Å². The Bertz CT molecular complexity index is 1330. The molecule has 4 aromatic rings. The van der Waals surface area contributed by atoms with Crippen LogP contribution in [-0.2, 0) is 0 Å². The van der Waals surface area contributed by atoms with Gasteiger partial charge in [-0.3, -0.25) is 14.9 Å². The highest BCUT2D eigenvalue weighted by atomic mass is 32.1. The number of anilines is 1. The Kier molecular flexibility index (Phi) is 5.57. The molecule has 1 amide bonds. The highest BCUT2D eigenvalue weighted by molar-refractivity contribution is 7.15. The summed E-state index contributed by atoms with van der Waals surface area (Å²) in [5.74, 6) is 0.699. The van der Waals surface area contributed by atoms with Crippen molar-refractivity contribution in [2.45, 2.75) is 44.9 Å². The quantitative estimate of drug-likeness (QED) is 0.421. The molecule has 1 aliphatic rings. The third kappa shape index (κ3) is 4.21. The van der Waals surface area contributed by atoms with Crippen LogP contribution in [0.2, 0.25) is 0 Å². The average Bonchev–Trinajstić information content (AvgIpc) is 3.28. The van der Waals surface area contributed by atoms with E-state index in [0.29, 0.717) is 33.3 Å². The number of carbonyl (C=O) groups excluding carboxylic acids is 1. The van der Waals surface area contributed by atoms with Crippen LogP contribution in [0.15, 0.2) is 57.7 Å². The van der Waals surface area contributed by atoms with Gasteiger partial charge in [-0.1, -0.05) is 54.4 Å². The molecule has 0 bridgehead atoms. The second-order valence-electron chi connectivity index (χ2n) is 8.29. The van der Waals surface area contributed by atoms with Gasteiger partial charge in [-0.25, -0.2) is 0 Å². The van der Waals surface area contributed by atoms with Crippen molar-refractivity contribution in [2.75, 3.05) is 5.32 Å². The summed E-state index contributed by atoms with van der Waals surface area (Å²) in [6.45, 7) is 1.94. The van der Waals surface area contributed by atoms with Crippen LogP contribution in [0.1, 0.15) is 59.0 Å². The van der Waals surface area contributed by atoms with Crippen molar-refractivity contribution in [1.29, 1.82) is 0 Å². The smallest absolute Gasteiger partial charge is 0.257 e. The Labute approximate surface area is 189 Å². The SMILES string of the molecule is Cc1ccc2oc(-c3ccc(C(=O)Nc4nnc(C5CCCCC5)s4)cc3)cc(=O)c2c1. The summed E-state index contributed by atoms with van der Waals surface area (Å²) in [5, 5.41) is 13.4. The van der Waals surface area contributed by atoms with E-state index < -0.39 is 0 Å². The number of hydrogen-bond acceptors (Lipinski definition) is 6. The molecule has 2 aromatic heterocycles. The molecule has 0 aliphatic heterocycles. The Balaban J connectivity index is 1.32. The molecule has 2 aromatic carbocycles. The number of amides is 1. The number of fused-ring (bicyclic) bond motifs is 1. The zero-order valence-electron chi connectivity index (χ0n) is 17.8. The summed E-state index contributed by atoms with van der Waals surface area (Å²) in [7, 11) is 0. The fraction of sp³-hybridized carbons (Fsp3) is 0.280. The van der Waals surface area contributed by atoms with Crippen LogP contribution < -0.4 is 10.7 Å². The minimum absolute atomic E-state index is 0.0863. The van der Waals surface area contributed by atoms with Crippen LogP contribution in [-0.4, -0.2) is 16.1 Å². The number of aromatic nitrogens is 2. The largest absolute Gasteiger partial charge is 0.456 e. The van der Waals surface area contributed by atoms with Crippen LogP contribution in [0.25, 0.3) is 22.3 Å². The molecule has 0 saturated heterocycles. The Morgan fingerprint density at radius 3 is 2.59 bits per heavy atom. The first-order chi connectivity index (χ1) is 15.6. The minimum Gasteiger partial charge on any atom is -0.456 e. The lowest BCUT2D eigenvalue weighted by Crippen LogP contribution is -2.11. The van der Waals surface area contributed by atoms with E-state index in [1.54, 1.807) is 30.3 Å². The highest BCUT2D eigenvalue weighted by Gasteiger charge is 2.20. The van der Waals surface area contributed by atoms with Crippen molar-refractivity contribution in [2.24, 2.45) is 0 Å². The van der Waals surface area contributed by atoms with E-state index in [2.05, 4.69) is 15.5 Å². The molecule has 32 heavy (non-hydrogen) atoms. The predicted molar refractivity (Wildman–Crippen MR) is 126 cm³/mol. The summed E-state index contributed by atoms with van der Waals surface area (Å²) in [5.41, 5.74) is 2.70. The van der Waals surface area contributed by atoms with Crippen LogP contribution in [0.4, 0.5) is 5.13 Å². The normalized spacial score (nSPS) is 14.5. The molecule has 0 atom stereocenters. The molecule has 1 N–H and O–H groups in total. The molecule has 2 heterocycles. The number of carbonyl (C=O) groups is 1. The van der Waals surface area contributed by atoms with Crippen molar-refractivity contribution < 1.29 is 9.21 Å². The standard InChI is InChI=1S/C25H23N3O3S/c1-15-7-12-21-19(13-15)20(29)14-22(31-21)16-8-10-17(11-9-16)23(30)26-25-28-27-24(32-25)18-5-3-2-4-6-18/h7-14,18H,2-6H2,1H3,(H,26,28,30). The van der Waals surface area contributed by atoms with Crippen molar-refractivity contribution >= 4 is 33.3 Å². The fourth-order valence-corrected chi connectivity index (χ4v) is 5.07. The molecule has 5 rings (SSSR count). The number of benzene rings is 2.